The molecule has 0 radical (unpaired) electrons. The molecule has 2 heterocycles. The molecule has 3 rings (SSSR count). The highest BCUT2D eigenvalue weighted by atomic mass is 19.1. The van der Waals surface area contributed by atoms with Crippen LogP contribution in [0.3, 0.4) is 0 Å². The molecular formula is C15H14FN5O. The average molecular weight is 299 g/mol. The Morgan fingerprint density at radius 1 is 1.27 bits per heavy atom. The van der Waals surface area contributed by atoms with E-state index in [2.05, 4.69) is 20.3 Å². The standard InChI is InChI=1S/C15H14FN5O/c1-8-6-9(16)4-5-10(8)12-14(22)21(3)13-11(19-12)7-18-15(17-2)20-13/h4-7H,1-3H3,(H,17,18,20). The van der Waals surface area contributed by atoms with Gasteiger partial charge in [0.25, 0.3) is 5.56 Å². The second-order valence-corrected chi connectivity index (χ2v) is 4.94. The van der Waals surface area contributed by atoms with Crippen molar-refractivity contribution in [1.82, 2.24) is 19.5 Å². The Labute approximate surface area is 125 Å². The van der Waals surface area contributed by atoms with E-state index in [1.54, 1.807) is 33.3 Å². The molecule has 0 atom stereocenters. The van der Waals surface area contributed by atoms with Gasteiger partial charge < -0.3 is 5.32 Å². The van der Waals surface area contributed by atoms with Crippen molar-refractivity contribution in [2.75, 3.05) is 12.4 Å². The summed E-state index contributed by atoms with van der Waals surface area (Å²) < 4.78 is 14.7. The lowest BCUT2D eigenvalue weighted by Crippen LogP contribution is -2.22. The van der Waals surface area contributed by atoms with Crippen molar-refractivity contribution in [3.63, 3.8) is 0 Å². The molecule has 0 amide bonds. The first-order valence-corrected chi connectivity index (χ1v) is 6.69. The minimum absolute atomic E-state index is 0.258. The monoisotopic (exact) mass is 299 g/mol. The molecule has 0 saturated carbocycles. The molecule has 0 unspecified atom stereocenters. The number of nitrogens with zero attached hydrogens (tertiary/aromatic N) is 4. The zero-order chi connectivity index (χ0) is 15.9. The first-order valence-electron chi connectivity index (χ1n) is 6.69. The van der Waals surface area contributed by atoms with Crippen molar-refractivity contribution in [3.05, 3.63) is 46.1 Å². The summed E-state index contributed by atoms with van der Waals surface area (Å²) in [6.07, 6.45) is 1.55. The van der Waals surface area contributed by atoms with Gasteiger partial charge in [0, 0.05) is 19.7 Å². The summed E-state index contributed by atoms with van der Waals surface area (Å²) in [4.78, 5) is 25.3. The SMILES string of the molecule is CNc1ncc2nc(-c3ccc(F)cc3C)c(=O)n(C)c2n1. The van der Waals surface area contributed by atoms with Crippen LogP contribution in [0.2, 0.25) is 0 Å². The van der Waals surface area contributed by atoms with Crippen LogP contribution in [-0.4, -0.2) is 26.6 Å². The summed E-state index contributed by atoms with van der Waals surface area (Å²) in [6.45, 7) is 1.74. The molecule has 22 heavy (non-hydrogen) atoms. The van der Waals surface area contributed by atoms with E-state index in [1.807, 2.05) is 0 Å². The second-order valence-electron chi connectivity index (χ2n) is 4.94. The molecular weight excluding hydrogens is 285 g/mol. The molecule has 0 spiro atoms. The van der Waals surface area contributed by atoms with Crippen LogP contribution in [0, 0.1) is 12.7 Å². The van der Waals surface area contributed by atoms with Crippen LogP contribution >= 0.6 is 0 Å². The van der Waals surface area contributed by atoms with E-state index in [-0.39, 0.29) is 17.1 Å². The van der Waals surface area contributed by atoms with E-state index in [0.717, 1.165) is 0 Å². The highest BCUT2D eigenvalue weighted by Crippen LogP contribution is 2.21. The molecule has 0 saturated heterocycles. The van der Waals surface area contributed by atoms with E-state index >= 15 is 0 Å². The van der Waals surface area contributed by atoms with Crippen LogP contribution in [0.15, 0.2) is 29.2 Å². The summed E-state index contributed by atoms with van der Waals surface area (Å²) >= 11 is 0. The topological polar surface area (TPSA) is 72.7 Å². The number of halogens is 1. The number of benzene rings is 1. The normalized spacial score (nSPS) is 10.9. The summed E-state index contributed by atoms with van der Waals surface area (Å²) in [5.41, 5.74) is 2.15. The Morgan fingerprint density at radius 3 is 2.73 bits per heavy atom. The Hall–Kier alpha value is -2.83. The Kier molecular flexibility index (Phi) is 3.32. The lowest BCUT2D eigenvalue weighted by atomic mass is 10.1. The number of nitrogens with one attached hydrogen (secondary N) is 1. The molecule has 6 nitrogen and oxygen atoms in total. The molecule has 112 valence electrons. The largest absolute Gasteiger partial charge is 0.357 e. The van der Waals surface area contributed by atoms with Gasteiger partial charge in [-0.05, 0) is 30.7 Å². The number of hydrogen-bond donors (Lipinski definition) is 1. The maximum Gasteiger partial charge on any atom is 0.278 e. The van der Waals surface area contributed by atoms with Crippen LogP contribution in [0.4, 0.5) is 10.3 Å². The Balaban J connectivity index is 2.32. The molecule has 0 bridgehead atoms. The van der Waals surface area contributed by atoms with Gasteiger partial charge >= 0.3 is 0 Å². The third kappa shape index (κ3) is 2.20. The Morgan fingerprint density at radius 2 is 2.05 bits per heavy atom. The molecule has 0 aliphatic carbocycles. The second kappa shape index (κ2) is 5.18. The highest BCUT2D eigenvalue weighted by Gasteiger charge is 2.14. The van der Waals surface area contributed by atoms with Crippen LogP contribution in [0.5, 0.6) is 0 Å². The zero-order valence-electron chi connectivity index (χ0n) is 12.4. The van der Waals surface area contributed by atoms with Gasteiger partial charge in [0.2, 0.25) is 5.95 Å². The predicted octanol–water partition coefficient (Wildman–Crippen LogP) is 1.88. The minimum atomic E-state index is -0.346. The fourth-order valence-corrected chi connectivity index (χ4v) is 2.30. The smallest absolute Gasteiger partial charge is 0.278 e. The van der Waals surface area contributed by atoms with E-state index in [1.165, 1.54) is 16.7 Å². The van der Waals surface area contributed by atoms with Gasteiger partial charge in [-0.25, -0.2) is 14.4 Å². The van der Waals surface area contributed by atoms with Gasteiger partial charge in [-0.3, -0.25) is 9.36 Å². The number of hydrogen-bond acceptors (Lipinski definition) is 5. The molecule has 2 aromatic heterocycles. The first kappa shape index (κ1) is 14.1. The van der Waals surface area contributed by atoms with Gasteiger partial charge in [0.15, 0.2) is 5.65 Å². The summed E-state index contributed by atoms with van der Waals surface area (Å²) in [5.74, 6) is 0.0656. The first-order chi connectivity index (χ1) is 10.5. The summed E-state index contributed by atoms with van der Waals surface area (Å²) in [7, 11) is 3.32. The third-order valence-electron chi connectivity index (χ3n) is 3.47. The molecule has 0 aliphatic heterocycles. The lowest BCUT2D eigenvalue weighted by molar-refractivity contribution is 0.627. The van der Waals surface area contributed by atoms with E-state index in [4.69, 9.17) is 0 Å². The zero-order valence-corrected chi connectivity index (χ0v) is 12.4. The average Bonchev–Trinajstić information content (AvgIpc) is 2.51. The maximum absolute atomic E-state index is 13.2. The van der Waals surface area contributed by atoms with E-state index in [0.29, 0.717) is 28.2 Å². The fraction of sp³-hybridized carbons (Fsp3) is 0.200. The van der Waals surface area contributed by atoms with Crippen LogP contribution in [-0.2, 0) is 7.05 Å². The summed E-state index contributed by atoms with van der Waals surface area (Å²) in [5, 5.41) is 2.82. The predicted molar refractivity (Wildman–Crippen MR) is 82.3 cm³/mol. The van der Waals surface area contributed by atoms with Crippen molar-refractivity contribution in [2.45, 2.75) is 6.92 Å². The van der Waals surface area contributed by atoms with Gasteiger partial charge in [-0.2, -0.15) is 4.98 Å². The minimum Gasteiger partial charge on any atom is -0.357 e. The van der Waals surface area contributed by atoms with Gasteiger partial charge in [-0.1, -0.05) is 0 Å². The quantitative estimate of drug-likeness (QED) is 0.782. The van der Waals surface area contributed by atoms with E-state index in [9.17, 15) is 9.18 Å². The molecule has 1 aromatic carbocycles. The number of rotatable bonds is 2. The maximum atomic E-state index is 13.2. The van der Waals surface area contributed by atoms with Crippen LogP contribution in [0.1, 0.15) is 5.56 Å². The van der Waals surface area contributed by atoms with Crippen LogP contribution < -0.4 is 10.9 Å². The Bertz CT molecular complexity index is 935. The van der Waals surface area contributed by atoms with Crippen molar-refractivity contribution in [1.29, 1.82) is 0 Å². The van der Waals surface area contributed by atoms with Gasteiger partial charge in [0.05, 0.1) is 6.20 Å². The third-order valence-corrected chi connectivity index (χ3v) is 3.47. The van der Waals surface area contributed by atoms with Gasteiger partial charge in [-0.15, -0.1) is 0 Å². The number of anilines is 1. The van der Waals surface area contributed by atoms with Crippen LogP contribution in [0.25, 0.3) is 22.4 Å². The number of aryl methyl sites for hydroxylation is 2. The van der Waals surface area contributed by atoms with Gasteiger partial charge in [0.1, 0.15) is 17.0 Å². The molecule has 3 aromatic rings. The van der Waals surface area contributed by atoms with Crippen molar-refractivity contribution >= 4 is 17.1 Å². The van der Waals surface area contributed by atoms with Crippen molar-refractivity contribution < 1.29 is 4.39 Å². The number of fused-ring (bicyclic) bond motifs is 1. The lowest BCUT2D eigenvalue weighted by Gasteiger charge is -2.10. The molecule has 7 heteroatoms. The fourth-order valence-electron chi connectivity index (χ4n) is 2.30. The number of aromatic nitrogens is 4. The molecule has 0 fully saturated rings. The van der Waals surface area contributed by atoms with Crippen molar-refractivity contribution in [2.24, 2.45) is 7.05 Å². The highest BCUT2D eigenvalue weighted by molar-refractivity contribution is 5.75. The van der Waals surface area contributed by atoms with Crippen molar-refractivity contribution in [3.8, 4) is 11.3 Å². The summed E-state index contributed by atoms with van der Waals surface area (Å²) in [6, 6.07) is 4.25. The van der Waals surface area contributed by atoms with E-state index < -0.39 is 0 Å². The molecule has 1 N–H and O–H groups in total. The molecule has 0 aliphatic rings.